The van der Waals surface area contributed by atoms with E-state index >= 15 is 0 Å². The average Bonchev–Trinajstić information content (AvgIpc) is 1.75. The summed E-state index contributed by atoms with van der Waals surface area (Å²) in [5.41, 5.74) is 0. The van der Waals surface area contributed by atoms with Crippen molar-refractivity contribution in [3.8, 4) is 0 Å². The highest BCUT2D eigenvalue weighted by atomic mass is 29.3. The molecule has 0 radical (unpaired) electrons. The van der Waals surface area contributed by atoms with E-state index in [1.807, 2.05) is 6.92 Å². The SMILES string of the molecule is C=C(C)O[Si](C)(C)[Si](C)(C)O[Si](C)(C)C. The van der Waals surface area contributed by atoms with Gasteiger partial charge < -0.3 is 8.54 Å². The average molecular weight is 263 g/mol. The first-order chi connectivity index (χ1) is 6.37. The second-order valence-electron chi connectivity index (χ2n) is 6.04. The minimum Gasteiger partial charge on any atom is -0.548 e. The topological polar surface area (TPSA) is 18.5 Å². The van der Waals surface area contributed by atoms with Gasteiger partial charge in [0.2, 0.25) is 7.83 Å². The van der Waals surface area contributed by atoms with E-state index in [9.17, 15) is 0 Å². The predicted molar refractivity (Wildman–Crippen MR) is 75.3 cm³/mol. The minimum absolute atomic E-state index is 0.825. The molecule has 0 aliphatic carbocycles. The molecule has 0 fully saturated rings. The zero-order chi connectivity index (χ0) is 12.5. The van der Waals surface area contributed by atoms with Gasteiger partial charge in [0.05, 0.1) is 5.76 Å². The molecule has 15 heavy (non-hydrogen) atoms. The van der Waals surface area contributed by atoms with Gasteiger partial charge in [-0.05, 0) is 52.8 Å². The lowest BCUT2D eigenvalue weighted by Gasteiger charge is -2.41. The zero-order valence-corrected chi connectivity index (χ0v) is 14.5. The number of rotatable bonds is 5. The Labute approximate surface area is 97.9 Å². The number of hydrogen-bond donors (Lipinski definition) is 0. The Hall–Kier alpha value is 0.151. The van der Waals surface area contributed by atoms with Crippen LogP contribution in [0.1, 0.15) is 6.92 Å². The summed E-state index contributed by atoms with van der Waals surface area (Å²) in [6, 6.07) is 0. The third-order valence-corrected chi connectivity index (χ3v) is 20.6. The summed E-state index contributed by atoms with van der Waals surface area (Å²) in [4.78, 5) is 0. The Bertz CT molecular complexity index is 242. The quantitative estimate of drug-likeness (QED) is 0.553. The Morgan fingerprint density at radius 3 is 1.53 bits per heavy atom. The van der Waals surface area contributed by atoms with Crippen LogP contribution < -0.4 is 0 Å². The lowest BCUT2D eigenvalue weighted by atomic mass is 10.7. The molecule has 0 aliphatic rings. The van der Waals surface area contributed by atoms with E-state index in [2.05, 4.69) is 52.4 Å². The summed E-state index contributed by atoms with van der Waals surface area (Å²) < 4.78 is 12.3. The number of allylic oxidation sites excluding steroid dienone is 1. The van der Waals surface area contributed by atoms with Crippen molar-refractivity contribution in [3.63, 3.8) is 0 Å². The van der Waals surface area contributed by atoms with E-state index in [1.165, 1.54) is 0 Å². The fourth-order valence-corrected chi connectivity index (χ4v) is 15.9. The van der Waals surface area contributed by atoms with Crippen molar-refractivity contribution in [3.05, 3.63) is 12.3 Å². The largest absolute Gasteiger partial charge is 0.548 e. The van der Waals surface area contributed by atoms with Gasteiger partial charge in [0.25, 0.3) is 7.83 Å². The Balaban J connectivity index is 4.76. The van der Waals surface area contributed by atoms with Gasteiger partial charge in [-0.15, -0.1) is 0 Å². The molecule has 0 aromatic heterocycles. The summed E-state index contributed by atoms with van der Waals surface area (Å²) in [5, 5.41) is 0. The van der Waals surface area contributed by atoms with Crippen molar-refractivity contribution < 1.29 is 8.54 Å². The highest BCUT2D eigenvalue weighted by molar-refractivity contribution is 7.36. The van der Waals surface area contributed by atoms with Gasteiger partial charge in [0.15, 0.2) is 8.32 Å². The van der Waals surface area contributed by atoms with Crippen LogP contribution in [0.25, 0.3) is 0 Å². The molecule has 0 unspecified atom stereocenters. The first kappa shape index (κ1) is 15.2. The van der Waals surface area contributed by atoms with Crippen LogP contribution in [0.5, 0.6) is 0 Å². The maximum absolute atomic E-state index is 6.36. The molecular formula is C10H26O2Si3. The van der Waals surface area contributed by atoms with Crippen LogP contribution in [0, 0.1) is 0 Å². The van der Waals surface area contributed by atoms with Gasteiger partial charge in [-0.3, -0.25) is 0 Å². The predicted octanol–water partition coefficient (Wildman–Crippen LogP) is 3.88. The first-order valence-electron chi connectivity index (χ1n) is 5.42. The van der Waals surface area contributed by atoms with E-state index in [0.29, 0.717) is 0 Å². The van der Waals surface area contributed by atoms with Crippen LogP contribution >= 0.6 is 0 Å². The molecule has 0 atom stereocenters. The molecule has 0 aromatic rings. The highest BCUT2D eigenvalue weighted by Crippen LogP contribution is 2.26. The van der Waals surface area contributed by atoms with Gasteiger partial charge in [-0.25, -0.2) is 0 Å². The van der Waals surface area contributed by atoms with Gasteiger partial charge in [-0.2, -0.15) is 0 Å². The summed E-state index contributed by atoms with van der Waals surface area (Å²) in [5.74, 6) is 0.825. The van der Waals surface area contributed by atoms with Crippen molar-refractivity contribution in [1.29, 1.82) is 0 Å². The zero-order valence-electron chi connectivity index (χ0n) is 11.5. The molecule has 0 amide bonds. The van der Waals surface area contributed by atoms with E-state index < -0.39 is 24.0 Å². The Morgan fingerprint density at radius 1 is 0.867 bits per heavy atom. The maximum atomic E-state index is 6.36. The summed E-state index contributed by atoms with van der Waals surface area (Å²) in [6.07, 6.45) is 0. The molecule has 0 spiro atoms. The lowest BCUT2D eigenvalue weighted by molar-refractivity contribution is 0.424. The molecule has 5 heteroatoms. The molecule has 0 aromatic carbocycles. The van der Waals surface area contributed by atoms with Crippen molar-refractivity contribution in [2.24, 2.45) is 0 Å². The fraction of sp³-hybridized carbons (Fsp3) is 0.800. The van der Waals surface area contributed by atoms with E-state index in [-0.39, 0.29) is 0 Å². The molecule has 2 nitrogen and oxygen atoms in total. The monoisotopic (exact) mass is 262 g/mol. The molecule has 0 heterocycles. The molecule has 0 rings (SSSR count). The number of hydrogen-bond acceptors (Lipinski definition) is 2. The lowest BCUT2D eigenvalue weighted by Crippen LogP contribution is -2.62. The minimum atomic E-state index is -1.75. The van der Waals surface area contributed by atoms with Gasteiger partial charge >= 0.3 is 0 Å². The Morgan fingerprint density at radius 2 is 1.27 bits per heavy atom. The van der Waals surface area contributed by atoms with Crippen LogP contribution in [0.4, 0.5) is 0 Å². The third-order valence-electron chi connectivity index (χ3n) is 2.44. The highest BCUT2D eigenvalue weighted by Gasteiger charge is 2.48. The molecule has 0 saturated heterocycles. The summed E-state index contributed by atoms with van der Waals surface area (Å²) >= 11 is 0. The van der Waals surface area contributed by atoms with Crippen LogP contribution in [0.3, 0.4) is 0 Å². The smallest absolute Gasteiger partial charge is 0.258 e. The second kappa shape index (κ2) is 4.57. The van der Waals surface area contributed by atoms with Gasteiger partial charge in [-0.1, -0.05) is 6.58 Å². The molecule has 0 aliphatic heterocycles. The van der Waals surface area contributed by atoms with E-state index in [4.69, 9.17) is 8.54 Å². The molecule has 0 saturated carbocycles. The van der Waals surface area contributed by atoms with Crippen LogP contribution in [-0.2, 0) is 8.54 Å². The first-order valence-corrected chi connectivity index (χ1v) is 15.6. The molecule has 90 valence electrons. The molecular weight excluding hydrogens is 236 g/mol. The Kier molecular flexibility index (Phi) is 4.61. The maximum Gasteiger partial charge on any atom is 0.258 e. The van der Waals surface area contributed by atoms with E-state index in [0.717, 1.165) is 5.76 Å². The van der Waals surface area contributed by atoms with Gasteiger partial charge in [0.1, 0.15) is 0 Å². The van der Waals surface area contributed by atoms with Crippen LogP contribution in [0.2, 0.25) is 45.8 Å². The van der Waals surface area contributed by atoms with Crippen LogP contribution in [0.15, 0.2) is 12.3 Å². The van der Waals surface area contributed by atoms with Crippen molar-refractivity contribution >= 4 is 24.0 Å². The van der Waals surface area contributed by atoms with E-state index in [1.54, 1.807) is 0 Å². The standard InChI is InChI=1S/C10H26O2Si3/c1-10(2)11-14(6,7)15(8,9)12-13(3,4)5/h1H2,2-9H3. The third kappa shape index (κ3) is 5.15. The second-order valence-corrected chi connectivity index (χ2v) is 24.6. The summed E-state index contributed by atoms with van der Waals surface area (Å²) in [7, 11) is -4.93. The van der Waals surface area contributed by atoms with Crippen molar-refractivity contribution in [2.75, 3.05) is 0 Å². The van der Waals surface area contributed by atoms with Crippen molar-refractivity contribution in [2.45, 2.75) is 52.8 Å². The molecule has 0 N–H and O–H groups in total. The van der Waals surface area contributed by atoms with Gasteiger partial charge in [0, 0.05) is 0 Å². The fourth-order valence-electron chi connectivity index (χ4n) is 1.45. The normalized spacial score (nSPS) is 13.9. The van der Waals surface area contributed by atoms with Crippen LogP contribution in [-0.4, -0.2) is 24.0 Å². The summed E-state index contributed by atoms with van der Waals surface area (Å²) in [6.45, 7) is 21.5. The van der Waals surface area contributed by atoms with Crippen molar-refractivity contribution in [1.82, 2.24) is 0 Å². The molecule has 0 bridgehead atoms.